The monoisotopic (exact) mass is 402 g/mol. The van der Waals surface area contributed by atoms with E-state index in [0.717, 1.165) is 36.8 Å². The summed E-state index contributed by atoms with van der Waals surface area (Å²) in [5, 5.41) is 6.95. The molecule has 2 aliphatic carbocycles. The Balaban J connectivity index is 1.29. The molecule has 2 heterocycles. The molecule has 2 bridgehead atoms. The fraction of sp³-hybridized carbons (Fsp3) is 0.500. The van der Waals surface area contributed by atoms with Gasteiger partial charge in [-0.1, -0.05) is 30.3 Å². The molecule has 2 aliphatic heterocycles. The number of anilines is 1. The zero-order valence-corrected chi connectivity index (χ0v) is 17.3. The van der Waals surface area contributed by atoms with Crippen LogP contribution in [-0.4, -0.2) is 25.2 Å². The summed E-state index contributed by atoms with van der Waals surface area (Å²) in [7, 11) is 0. The van der Waals surface area contributed by atoms with E-state index in [1.165, 1.54) is 36.1 Å². The molecule has 4 heteroatoms. The number of amides is 1. The molecule has 0 radical (unpaired) electrons. The van der Waals surface area contributed by atoms with Gasteiger partial charge in [0.05, 0.1) is 12.1 Å². The Morgan fingerprint density at radius 3 is 2.77 bits per heavy atom. The third-order valence-electron chi connectivity index (χ3n) is 8.02. The number of carbonyl (C=O) groups is 1. The molecule has 1 amide bonds. The predicted octanol–water partition coefficient (Wildman–Crippen LogP) is 4.89. The van der Waals surface area contributed by atoms with Crippen molar-refractivity contribution in [1.29, 1.82) is 0 Å². The van der Waals surface area contributed by atoms with Crippen LogP contribution in [0.3, 0.4) is 0 Å². The number of fused-ring (bicyclic) bond motifs is 7. The summed E-state index contributed by atoms with van der Waals surface area (Å²) in [6.07, 6.45) is 6.35. The third kappa shape index (κ3) is 3.04. The van der Waals surface area contributed by atoms with E-state index in [9.17, 15) is 4.79 Å². The van der Waals surface area contributed by atoms with Crippen molar-refractivity contribution in [1.82, 2.24) is 5.32 Å². The highest BCUT2D eigenvalue weighted by Crippen LogP contribution is 2.63. The number of hydrogen-bond acceptors (Lipinski definition) is 3. The first kappa shape index (κ1) is 18.4. The molecule has 0 aromatic heterocycles. The van der Waals surface area contributed by atoms with Gasteiger partial charge in [-0.15, -0.1) is 0 Å². The molecule has 6 rings (SSSR count). The summed E-state index contributed by atoms with van der Waals surface area (Å²) in [6, 6.07) is 17.6. The molecular formula is C26H30N2O2. The van der Waals surface area contributed by atoms with Crippen LogP contribution < -0.4 is 10.6 Å². The highest BCUT2D eigenvalue weighted by Gasteiger charge is 2.53. The second-order valence-corrected chi connectivity index (χ2v) is 9.62. The molecule has 3 fully saturated rings. The van der Waals surface area contributed by atoms with Crippen molar-refractivity contribution in [2.45, 2.75) is 50.2 Å². The fourth-order valence-corrected chi connectivity index (χ4v) is 6.73. The van der Waals surface area contributed by atoms with Gasteiger partial charge in [0.1, 0.15) is 0 Å². The summed E-state index contributed by atoms with van der Waals surface area (Å²) in [5.74, 6) is 2.78. The maximum atomic E-state index is 12.8. The number of carbonyl (C=O) groups excluding carboxylic acids is 1. The van der Waals surface area contributed by atoms with Gasteiger partial charge in [0.2, 0.25) is 0 Å². The van der Waals surface area contributed by atoms with Gasteiger partial charge in [0.15, 0.2) is 0 Å². The lowest BCUT2D eigenvalue weighted by Gasteiger charge is -2.43. The summed E-state index contributed by atoms with van der Waals surface area (Å²) in [6.45, 7) is 1.43. The summed E-state index contributed by atoms with van der Waals surface area (Å²) < 4.78 is 5.65. The fourth-order valence-electron chi connectivity index (χ4n) is 6.73. The normalized spacial score (nSPS) is 33.6. The molecule has 0 unspecified atom stereocenters. The van der Waals surface area contributed by atoms with Gasteiger partial charge in [-0.3, -0.25) is 4.79 Å². The van der Waals surface area contributed by atoms with E-state index in [-0.39, 0.29) is 12.0 Å². The number of rotatable bonds is 4. The molecule has 4 aliphatic rings. The second kappa shape index (κ2) is 7.42. The molecule has 2 aromatic rings. The average Bonchev–Trinajstić information content (AvgIpc) is 3.55. The summed E-state index contributed by atoms with van der Waals surface area (Å²) in [4.78, 5) is 12.8. The van der Waals surface area contributed by atoms with Gasteiger partial charge in [-0.05, 0) is 85.1 Å². The number of nitrogens with one attached hydrogen (secondary N) is 2. The Labute approximate surface area is 178 Å². The molecule has 156 valence electrons. The standard InChI is InChI=1S/C26H30N2O2/c29-26(27-15-20-7-4-12-30-20)19-10-11-22-21(14-19)23-17-8-9-18(13-17)24(23)25(28-22)16-5-2-1-3-6-16/h1-3,5-6,10-11,14,17-18,20,23-25,28H,4,7-9,12-13,15H2,(H,27,29)/t17-,18-,20-,23-,24+,25-/m0/s1. The van der Waals surface area contributed by atoms with Crippen molar-refractivity contribution >= 4 is 11.6 Å². The minimum atomic E-state index is 0.0261. The summed E-state index contributed by atoms with van der Waals surface area (Å²) >= 11 is 0. The number of ether oxygens (including phenoxy) is 1. The largest absolute Gasteiger partial charge is 0.378 e. The van der Waals surface area contributed by atoms with Crippen molar-refractivity contribution in [2.24, 2.45) is 17.8 Å². The molecule has 30 heavy (non-hydrogen) atoms. The van der Waals surface area contributed by atoms with Crippen molar-refractivity contribution < 1.29 is 9.53 Å². The Kier molecular flexibility index (Phi) is 4.56. The highest BCUT2D eigenvalue weighted by molar-refractivity contribution is 5.95. The van der Waals surface area contributed by atoms with Gasteiger partial charge >= 0.3 is 0 Å². The average molecular weight is 403 g/mol. The molecular weight excluding hydrogens is 372 g/mol. The van der Waals surface area contributed by atoms with Crippen LogP contribution in [0.1, 0.15) is 65.5 Å². The van der Waals surface area contributed by atoms with Crippen molar-refractivity contribution in [3.63, 3.8) is 0 Å². The maximum absolute atomic E-state index is 12.8. The Morgan fingerprint density at radius 1 is 1.07 bits per heavy atom. The lowest BCUT2D eigenvalue weighted by atomic mass is 9.68. The van der Waals surface area contributed by atoms with Crippen LogP contribution >= 0.6 is 0 Å². The SMILES string of the molecule is O=C(NC[C@@H]1CCCO1)c1ccc2c(c1)[C@@H]1[C@H]3CC[C@@H](C3)[C@H]1[C@H](c1ccccc1)N2. The van der Waals surface area contributed by atoms with Crippen LogP contribution in [0.15, 0.2) is 48.5 Å². The number of hydrogen-bond donors (Lipinski definition) is 2. The first-order chi connectivity index (χ1) is 14.8. The van der Waals surface area contributed by atoms with E-state index < -0.39 is 0 Å². The first-order valence-corrected chi connectivity index (χ1v) is 11.6. The Hall–Kier alpha value is -2.33. The smallest absolute Gasteiger partial charge is 0.251 e. The second-order valence-electron chi connectivity index (χ2n) is 9.62. The minimum absolute atomic E-state index is 0.0261. The van der Waals surface area contributed by atoms with E-state index in [1.54, 1.807) is 0 Å². The molecule has 6 atom stereocenters. The van der Waals surface area contributed by atoms with Crippen LogP contribution in [0.5, 0.6) is 0 Å². The lowest BCUT2D eigenvalue weighted by molar-refractivity contribution is 0.0857. The molecule has 4 nitrogen and oxygen atoms in total. The lowest BCUT2D eigenvalue weighted by Crippen LogP contribution is -2.36. The quantitative estimate of drug-likeness (QED) is 0.765. The Morgan fingerprint density at radius 2 is 1.93 bits per heavy atom. The molecule has 2 saturated carbocycles. The van der Waals surface area contributed by atoms with Gasteiger partial charge in [0, 0.05) is 24.4 Å². The zero-order chi connectivity index (χ0) is 20.1. The van der Waals surface area contributed by atoms with E-state index in [2.05, 4.69) is 53.1 Å². The van der Waals surface area contributed by atoms with E-state index in [1.807, 2.05) is 6.07 Å². The third-order valence-corrected chi connectivity index (χ3v) is 8.02. The van der Waals surface area contributed by atoms with Gasteiger partial charge in [-0.25, -0.2) is 0 Å². The number of benzene rings is 2. The van der Waals surface area contributed by atoms with Crippen LogP contribution in [0, 0.1) is 17.8 Å². The molecule has 0 spiro atoms. The van der Waals surface area contributed by atoms with Gasteiger partial charge in [0.25, 0.3) is 5.91 Å². The topological polar surface area (TPSA) is 50.4 Å². The summed E-state index contributed by atoms with van der Waals surface area (Å²) in [5.41, 5.74) is 4.76. The van der Waals surface area contributed by atoms with Crippen LogP contribution in [0.2, 0.25) is 0 Å². The maximum Gasteiger partial charge on any atom is 0.251 e. The van der Waals surface area contributed by atoms with E-state index in [0.29, 0.717) is 24.4 Å². The Bertz CT molecular complexity index is 937. The minimum Gasteiger partial charge on any atom is -0.378 e. The predicted molar refractivity (Wildman–Crippen MR) is 118 cm³/mol. The van der Waals surface area contributed by atoms with Crippen LogP contribution in [-0.2, 0) is 4.74 Å². The zero-order valence-electron chi connectivity index (χ0n) is 17.3. The molecule has 1 saturated heterocycles. The highest BCUT2D eigenvalue weighted by atomic mass is 16.5. The van der Waals surface area contributed by atoms with Crippen molar-refractivity contribution in [3.8, 4) is 0 Å². The van der Waals surface area contributed by atoms with Gasteiger partial charge in [-0.2, -0.15) is 0 Å². The van der Waals surface area contributed by atoms with E-state index >= 15 is 0 Å². The first-order valence-electron chi connectivity index (χ1n) is 11.6. The molecule has 2 N–H and O–H groups in total. The van der Waals surface area contributed by atoms with Crippen LogP contribution in [0.25, 0.3) is 0 Å². The van der Waals surface area contributed by atoms with Crippen molar-refractivity contribution in [2.75, 3.05) is 18.5 Å². The van der Waals surface area contributed by atoms with E-state index in [4.69, 9.17) is 4.74 Å². The van der Waals surface area contributed by atoms with Crippen LogP contribution in [0.4, 0.5) is 5.69 Å². The molecule has 2 aromatic carbocycles. The van der Waals surface area contributed by atoms with Gasteiger partial charge < -0.3 is 15.4 Å². The van der Waals surface area contributed by atoms with Crippen molar-refractivity contribution in [3.05, 3.63) is 65.2 Å².